The first-order chi connectivity index (χ1) is 27.0. The van der Waals surface area contributed by atoms with Crippen molar-refractivity contribution in [3.63, 3.8) is 0 Å². The summed E-state index contributed by atoms with van der Waals surface area (Å²) in [6.45, 7) is 28.3. The van der Waals surface area contributed by atoms with Crippen LogP contribution in [0.2, 0.25) is 0 Å². The van der Waals surface area contributed by atoms with E-state index in [1.807, 2.05) is 40.7 Å². The second kappa shape index (κ2) is 21.6. The number of hydrogen-bond acceptors (Lipinski definition) is 9. The van der Waals surface area contributed by atoms with Crippen molar-refractivity contribution >= 4 is 22.4 Å². The Morgan fingerprint density at radius 1 is 0.982 bits per heavy atom. The average molecular weight is 793 g/mol. The Morgan fingerprint density at radius 3 is 2.02 bits per heavy atom. The number of aliphatic hydroxyl groups excluding tert-OH is 2. The fourth-order valence-electron chi connectivity index (χ4n) is 8.01. The largest absolute Gasteiger partial charge is 0.463 e. The lowest BCUT2D eigenvalue weighted by Gasteiger charge is -2.33. The van der Waals surface area contributed by atoms with Gasteiger partial charge in [0.15, 0.2) is 5.82 Å². The predicted octanol–water partition coefficient (Wildman–Crippen LogP) is 10.2. The van der Waals surface area contributed by atoms with E-state index in [-0.39, 0.29) is 53.5 Å². The van der Waals surface area contributed by atoms with Gasteiger partial charge in [-0.25, -0.2) is 4.39 Å². The number of nitrogens with one attached hydrogen (secondary N) is 1. The summed E-state index contributed by atoms with van der Waals surface area (Å²) in [4.78, 5) is 14.6. The Labute approximate surface area is 344 Å². The maximum Gasteiger partial charge on any atom is 0.319 e. The zero-order valence-corrected chi connectivity index (χ0v) is 37.8. The van der Waals surface area contributed by atoms with E-state index < -0.39 is 5.82 Å². The molecule has 2 fully saturated rings. The minimum atomic E-state index is -0.610. The Balaban J connectivity index is 0.00000163. The van der Waals surface area contributed by atoms with Gasteiger partial charge >= 0.3 is 6.01 Å². The Kier molecular flexibility index (Phi) is 18.2. The van der Waals surface area contributed by atoms with E-state index in [1.54, 1.807) is 6.92 Å². The van der Waals surface area contributed by atoms with E-state index in [1.165, 1.54) is 6.42 Å². The highest BCUT2D eigenvalue weighted by atomic mass is 19.1. The molecule has 2 aromatic rings. The fourth-order valence-corrected chi connectivity index (χ4v) is 8.01. The van der Waals surface area contributed by atoms with Gasteiger partial charge < -0.3 is 25.6 Å². The topological polar surface area (TPSA) is 132 Å². The van der Waals surface area contributed by atoms with Gasteiger partial charge in [0.2, 0.25) is 0 Å². The van der Waals surface area contributed by atoms with E-state index in [4.69, 9.17) is 20.4 Å². The van der Waals surface area contributed by atoms with Crippen molar-refractivity contribution in [1.29, 1.82) is 5.41 Å². The van der Waals surface area contributed by atoms with Crippen molar-refractivity contribution in [2.75, 3.05) is 31.2 Å². The number of ether oxygens (including phenoxy) is 1. The summed E-state index contributed by atoms with van der Waals surface area (Å²) in [5.74, 6) is 0.875. The molecule has 2 aliphatic rings. The number of halogens is 1. The fraction of sp³-hybridized carbons (Fsp3) is 0.681. The first kappa shape index (κ1) is 48.0. The van der Waals surface area contributed by atoms with E-state index in [0.717, 1.165) is 68.6 Å². The molecule has 1 aromatic heterocycles. The molecule has 57 heavy (non-hydrogen) atoms. The second-order valence-electron chi connectivity index (χ2n) is 17.0. The van der Waals surface area contributed by atoms with Crippen molar-refractivity contribution in [1.82, 2.24) is 14.9 Å². The SMILES string of the molecule is CCC(C)C.C\C=C(C)/C(C)=C(C(=N)c1c(CC)c(CO)c2c(N3C(CC)CCC3CC)nc(OCC3(CN(CCO)[C@H](C)CC)CC3)nc2c1F)/C(C)=C(\C)N. The first-order valence-corrected chi connectivity index (χ1v) is 21.8. The molecule has 9 nitrogen and oxygen atoms in total. The van der Waals surface area contributed by atoms with Crippen molar-refractivity contribution in [2.45, 2.75) is 173 Å². The summed E-state index contributed by atoms with van der Waals surface area (Å²) in [6, 6.07) is 0.839. The number of hydrogen-bond donors (Lipinski definition) is 4. The molecule has 5 N–H and O–H groups in total. The van der Waals surface area contributed by atoms with Gasteiger partial charge in [0.1, 0.15) is 11.3 Å². The summed E-state index contributed by atoms with van der Waals surface area (Å²) in [5.41, 5.74) is 11.2. The first-order valence-electron chi connectivity index (χ1n) is 21.8. The molecule has 0 bridgehead atoms. The average Bonchev–Trinajstić information content (AvgIpc) is 3.85. The number of aliphatic hydroxyl groups is 2. The van der Waals surface area contributed by atoms with Crippen molar-refractivity contribution in [3.8, 4) is 6.01 Å². The summed E-state index contributed by atoms with van der Waals surface area (Å²) in [6.07, 6.45) is 10.4. The van der Waals surface area contributed by atoms with E-state index in [2.05, 4.69) is 58.3 Å². The maximum atomic E-state index is 17.6. The van der Waals surface area contributed by atoms with E-state index >= 15 is 4.39 Å². The van der Waals surface area contributed by atoms with Crippen LogP contribution < -0.4 is 15.4 Å². The third kappa shape index (κ3) is 11.0. The minimum Gasteiger partial charge on any atom is -0.463 e. The van der Waals surface area contributed by atoms with Crippen LogP contribution in [0.1, 0.15) is 158 Å². The standard InChI is InChI=1S/C42H65FN6O3.C5H12/c1-11-25(6)27(8)34(28(9)29(10)44)38(45)35-32(15-5)33(22-51)36-39(37(35)43)46-41(47-40(36)49-30(13-3)16-17-31(49)14-4)52-24-42(18-19-42)23-48(20-21-50)26(7)12-2;1-4-5(2)3/h11,26,30-31,45,50-51H,12-24,44H2,1-10H3;5H,4H2,1-3H3/b25-11-,29-28+,34-27-,45-38?;/t26-,30?,31?;/m1./s1. The molecule has 1 aromatic carbocycles. The van der Waals surface area contributed by atoms with Crippen LogP contribution in [0, 0.1) is 22.6 Å². The molecule has 3 atom stereocenters. The lowest BCUT2D eigenvalue weighted by atomic mass is 9.84. The molecule has 0 radical (unpaired) electrons. The number of benzene rings is 1. The lowest BCUT2D eigenvalue weighted by Crippen LogP contribution is -2.41. The molecule has 320 valence electrons. The number of aromatic nitrogens is 2. The van der Waals surface area contributed by atoms with Gasteiger partial charge in [0, 0.05) is 53.5 Å². The van der Waals surface area contributed by atoms with Crippen molar-refractivity contribution < 1.29 is 19.3 Å². The molecule has 1 aliphatic carbocycles. The number of fused-ring (bicyclic) bond motifs is 1. The molecule has 10 heteroatoms. The molecule has 1 aliphatic heterocycles. The summed E-state index contributed by atoms with van der Waals surface area (Å²) in [7, 11) is 0. The van der Waals surface area contributed by atoms with Gasteiger partial charge in [-0.2, -0.15) is 9.97 Å². The van der Waals surface area contributed by atoms with Gasteiger partial charge in [0.05, 0.1) is 30.9 Å². The molecule has 1 saturated carbocycles. The van der Waals surface area contributed by atoms with E-state index in [0.29, 0.717) is 64.8 Å². The Morgan fingerprint density at radius 2 is 1.58 bits per heavy atom. The molecular weight excluding hydrogens is 716 g/mol. The highest BCUT2D eigenvalue weighted by molar-refractivity contribution is 6.17. The molecule has 1 saturated heterocycles. The van der Waals surface area contributed by atoms with Crippen LogP contribution in [-0.2, 0) is 13.0 Å². The smallest absolute Gasteiger partial charge is 0.319 e. The third-order valence-electron chi connectivity index (χ3n) is 12.9. The minimum absolute atomic E-state index is 0.0135. The van der Waals surface area contributed by atoms with Crippen LogP contribution in [0.4, 0.5) is 10.2 Å². The number of allylic oxidation sites excluding steroid dienone is 6. The number of anilines is 1. The van der Waals surface area contributed by atoms with Crippen LogP contribution in [-0.4, -0.2) is 75.2 Å². The number of rotatable bonds is 19. The number of nitrogens with two attached hydrogens (primary N) is 1. The Hall–Kier alpha value is -3.34. The quantitative estimate of drug-likeness (QED) is 0.0817. The highest BCUT2D eigenvalue weighted by Crippen LogP contribution is 2.48. The second-order valence-corrected chi connectivity index (χ2v) is 17.0. The van der Waals surface area contributed by atoms with Gasteiger partial charge in [-0.05, 0) is 121 Å². The van der Waals surface area contributed by atoms with Crippen LogP contribution in [0.25, 0.3) is 10.9 Å². The van der Waals surface area contributed by atoms with Crippen LogP contribution in [0.15, 0.2) is 34.1 Å². The Bertz CT molecular complexity index is 1760. The van der Waals surface area contributed by atoms with E-state index in [9.17, 15) is 15.6 Å². The van der Waals surface area contributed by atoms with Crippen molar-refractivity contribution in [3.05, 3.63) is 56.6 Å². The molecular formula is C47H77FN6O3. The predicted molar refractivity (Wildman–Crippen MR) is 237 cm³/mol. The normalized spacial score (nSPS) is 19.4. The van der Waals surface area contributed by atoms with Crippen molar-refractivity contribution in [2.24, 2.45) is 17.1 Å². The van der Waals surface area contributed by atoms with Gasteiger partial charge in [-0.3, -0.25) is 10.3 Å². The monoisotopic (exact) mass is 793 g/mol. The molecule has 0 amide bonds. The van der Waals surface area contributed by atoms with Crippen LogP contribution in [0.3, 0.4) is 0 Å². The zero-order valence-electron chi connectivity index (χ0n) is 37.8. The summed E-state index contributed by atoms with van der Waals surface area (Å²) in [5, 5.41) is 31.1. The van der Waals surface area contributed by atoms with Gasteiger partial charge in [0.25, 0.3) is 0 Å². The zero-order chi connectivity index (χ0) is 42.8. The highest BCUT2D eigenvalue weighted by Gasteiger charge is 2.46. The van der Waals surface area contributed by atoms with Gasteiger partial charge in [-0.15, -0.1) is 0 Å². The number of nitrogens with zero attached hydrogens (tertiary/aromatic N) is 4. The maximum absolute atomic E-state index is 17.6. The van der Waals surface area contributed by atoms with Crippen LogP contribution >= 0.6 is 0 Å². The molecule has 0 spiro atoms. The summed E-state index contributed by atoms with van der Waals surface area (Å²) < 4.78 is 24.1. The summed E-state index contributed by atoms with van der Waals surface area (Å²) >= 11 is 0. The molecule has 2 unspecified atom stereocenters. The van der Waals surface area contributed by atoms with Crippen LogP contribution in [0.5, 0.6) is 6.01 Å². The lowest BCUT2D eigenvalue weighted by molar-refractivity contribution is 0.104. The van der Waals surface area contributed by atoms with Gasteiger partial charge in [-0.1, -0.05) is 66.5 Å². The molecule has 4 rings (SSSR count). The molecule has 2 heterocycles. The third-order valence-corrected chi connectivity index (χ3v) is 12.9.